The van der Waals surface area contributed by atoms with E-state index in [1.165, 1.54) is 7.11 Å². The lowest BCUT2D eigenvalue weighted by Crippen LogP contribution is -2.19. The van der Waals surface area contributed by atoms with E-state index in [-0.39, 0.29) is 11.9 Å². The minimum Gasteiger partial charge on any atom is -0.493 e. The molecule has 1 aliphatic rings. The molecule has 1 atom stereocenters. The fraction of sp³-hybridized carbons (Fsp3) is 0.222. The summed E-state index contributed by atoms with van der Waals surface area (Å²) in [5.41, 5.74) is 4.82. The number of aromatic amines is 1. The molecule has 0 saturated carbocycles. The van der Waals surface area contributed by atoms with Crippen LogP contribution in [0.3, 0.4) is 0 Å². The average Bonchev–Trinajstić information content (AvgIpc) is 3.46. The van der Waals surface area contributed by atoms with E-state index in [9.17, 15) is 4.79 Å². The summed E-state index contributed by atoms with van der Waals surface area (Å²) in [6.07, 6.45) is 4.55. The largest absolute Gasteiger partial charge is 0.493 e. The number of aryl methyl sites for hydroxylation is 1. The average molecular weight is 489 g/mol. The highest BCUT2D eigenvalue weighted by Crippen LogP contribution is 2.31. The Bertz CT molecular complexity index is 1440. The number of halogens is 1. The molecule has 0 fully saturated rings. The molecule has 8 heteroatoms. The number of fused-ring (bicyclic) bond motifs is 1. The standard InChI is InChI=1S/C27H25ClN4O3/c1-17-12-24(26-29-22-10-8-19(27(33)34-2)14-23(22)30-26)31-32(17)15-20-13-21(28)9-11-25(20)35-16-18-6-4-3-5-7-18/h3-12,14,20H,13,15-16H2,1-2H3,(H,29,30). The van der Waals surface area contributed by atoms with Crippen molar-refractivity contribution in [2.45, 2.75) is 26.5 Å². The second kappa shape index (κ2) is 9.80. The van der Waals surface area contributed by atoms with E-state index in [2.05, 4.69) is 9.97 Å². The minimum absolute atomic E-state index is 0.0703. The summed E-state index contributed by atoms with van der Waals surface area (Å²) in [6.45, 7) is 3.15. The van der Waals surface area contributed by atoms with Crippen LogP contribution in [0.25, 0.3) is 22.6 Å². The van der Waals surface area contributed by atoms with Gasteiger partial charge in [0.2, 0.25) is 0 Å². The second-order valence-electron chi connectivity index (χ2n) is 8.52. The molecule has 7 nitrogen and oxygen atoms in total. The first-order chi connectivity index (χ1) is 17.0. The van der Waals surface area contributed by atoms with Crippen molar-refractivity contribution in [2.75, 3.05) is 7.11 Å². The molecule has 2 aromatic heterocycles. The molecule has 4 aromatic rings. The van der Waals surface area contributed by atoms with Crippen molar-refractivity contribution in [2.24, 2.45) is 5.92 Å². The maximum absolute atomic E-state index is 11.8. The molecule has 0 amide bonds. The van der Waals surface area contributed by atoms with Crippen LogP contribution in [0.2, 0.25) is 0 Å². The van der Waals surface area contributed by atoms with Crippen molar-refractivity contribution in [1.29, 1.82) is 0 Å². The van der Waals surface area contributed by atoms with Crippen LogP contribution in [-0.4, -0.2) is 32.8 Å². The summed E-state index contributed by atoms with van der Waals surface area (Å²) in [5, 5.41) is 5.60. The molecule has 1 aliphatic carbocycles. The van der Waals surface area contributed by atoms with E-state index in [0.717, 1.165) is 38.8 Å². The Hall–Kier alpha value is -3.84. The van der Waals surface area contributed by atoms with Gasteiger partial charge in [-0.15, -0.1) is 0 Å². The highest BCUT2D eigenvalue weighted by molar-refractivity contribution is 6.29. The Morgan fingerprint density at radius 2 is 2.00 bits per heavy atom. The maximum Gasteiger partial charge on any atom is 0.337 e. The monoisotopic (exact) mass is 488 g/mol. The number of imidazole rings is 1. The Morgan fingerprint density at radius 3 is 2.80 bits per heavy atom. The van der Waals surface area contributed by atoms with Gasteiger partial charge in [-0.1, -0.05) is 41.9 Å². The molecule has 2 heterocycles. The van der Waals surface area contributed by atoms with Gasteiger partial charge in [-0.25, -0.2) is 9.78 Å². The molecule has 0 radical (unpaired) electrons. The van der Waals surface area contributed by atoms with Gasteiger partial charge < -0.3 is 14.5 Å². The predicted octanol–water partition coefficient (Wildman–Crippen LogP) is 5.76. The van der Waals surface area contributed by atoms with Crippen LogP contribution < -0.4 is 0 Å². The molecule has 2 aromatic carbocycles. The quantitative estimate of drug-likeness (QED) is 0.334. The fourth-order valence-corrected chi connectivity index (χ4v) is 4.42. The zero-order chi connectivity index (χ0) is 24.4. The predicted molar refractivity (Wildman–Crippen MR) is 135 cm³/mol. The van der Waals surface area contributed by atoms with Gasteiger partial charge in [0, 0.05) is 16.6 Å². The molecule has 0 spiro atoms. The van der Waals surface area contributed by atoms with Crippen LogP contribution in [0.4, 0.5) is 0 Å². The summed E-state index contributed by atoms with van der Waals surface area (Å²) in [6, 6.07) is 17.3. The van der Waals surface area contributed by atoms with Crippen molar-refractivity contribution in [3.63, 3.8) is 0 Å². The van der Waals surface area contributed by atoms with Gasteiger partial charge in [0.1, 0.15) is 18.1 Å². The Balaban J connectivity index is 1.35. The highest BCUT2D eigenvalue weighted by atomic mass is 35.5. The number of aromatic nitrogens is 4. The van der Waals surface area contributed by atoms with Gasteiger partial charge >= 0.3 is 5.97 Å². The van der Waals surface area contributed by atoms with Gasteiger partial charge in [0.15, 0.2) is 5.82 Å². The molecule has 0 saturated heterocycles. The van der Waals surface area contributed by atoms with E-state index in [1.807, 2.05) is 60.2 Å². The third-order valence-corrected chi connectivity index (χ3v) is 6.32. The van der Waals surface area contributed by atoms with E-state index < -0.39 is 0 Å². The molecule has 0 aliphatic heterocycles. The molecule has 1 unspecified atom stereocenters. The van der Waals surface area contributed by atoms with Crippen LogP contribution >= 0.6 is 11.6 Å². The number of methoxy groups -OCH3 is 1. The first-order valence-electron chi connectivity index (χ1n) is 11.4. The number of hydrogen-bond acceptors (Lipinski definition) is 5. The summed E-state index contributed by atoms with van der Waals surface area (Å²) in [4.78, 5) is 19.8. The normalized spacial score (nSPS) is 15.6. The number of nitrogens with one attached hydrogen (secondary N) is 1. The number of benzene rings is 2. The van der Waals surface area contributed by atoms with Gasteiger partial charge in [-0.2, -0.15) is 5.10 Å². The van der Waals surface area contributed by atoms with Crippen LogP contribution in [0.5, 0.6) is 0 Å². The van der Waals surface area contributed by atoms with E-state index in [0.29, 0.717) is 31.0 Å². The number of esters is 1. The molecule has 178 valence electrons. The summed E-state index contributed by atoms with van der Waals surface area (Å²) < 4.78 is 12.9. The minimum atomic E-state index is -0.387. The number of hydrogen-bond donors (Lipinski definition) is 1. The van der Waals surface area contributed by atoms with Crippen molar-refractivity contribution in [3.8, 4) is 11.5 Å². The van der Waals surface area contributed by atoms with Crippen LogP contribution in [0.1, 0.15) is 28.0 Å². The summed E-state index contributed by atoms with van der Waals surface area (Å²) in [5.74, 6) is 1.22. The Kier molecular flexibility index (Phi) is 6.42. The van der Waals surface area contributed by atoms with Gasteiger partial charge in [0.25, 0.3) is 0 Å². The molecule has 5 rings (SSSR count). The van der Waals surface area contributed by atoms with Crippen LogP contribution in [0.15, 0.2) is 77.5 Å². The zero-order valence-corrected chi connectivity index (χ0v) is 20.2. The molecular formula is C27H25ClN4O3. The number of nitrogens with zero attached hydrogens (tertiary/aromatic N) is 3. The van der Waals surface area contributed by atoms with Gasteiger partial charge in [0.05, 0.1) is 30.3 Å². The lowest BCUT2D eigenvalue weighted by atomic mass is 9.98. The van der Waals surface area contributed by atoms with Crippen molar-refractivity contribution >= 4 is 28.6 Å². The van der Waals surface area contributed by atoms with Crippen molar-refractivity contribution in [3.05, 3.63) is 94.4 Å². The molecule has 0 bridgehead atoms. The van der Waals surface area contributed by atoms with Crippen molar-refractivity contribution < 1.29 is 14.3 Å². The fourth-order valence-electron chi connectivity index (χ4n) is 4.17. The zero-order valence-electron chi connectivity index (χ0n) is 19.5. The van der Waals surface area contributed by atoms with Crippen LogP contribution in [-0.2, 0) is 22.6 Å². The third kappa shape index (κ3) is 5.00. The lowest BCUT2D eigenvalue weighted by Gasteiger charge is -2.24. The van der Waals surface area contributed by atoms with Gasteiger partial charge in [-0.05, 0) is 55.3 Å². The number of allylic oxidation sites excluding steroid dienone is 4. The first kappa shape index (κ1) is 22.9. The number of rotatable bonds is 7. The second-order valence-corrected chi connectivity index (χ2v) is 9.01. The van der Waals surface area contributed by atoms with Gasteiger partial charge in [-0.3, -0.25) is 4.68 Å². The third-order valence-electron chi connectivity index (χ3n) is 6.04. The lowest BCUT2D eigenvalue weighted by molar-refractivity contribution is 0.0601. The maximum atomic E-state index is 11.8. The molecule has 35 heavy (non-hydrogen) atoms. The molecule has 1 N–H and O–H groups in total. The Labute approximate surface area is 208 Å². The summed E-state index contributed by atoms with van der Waals surface area (Å²) >= 11 is 6.37. The summed E-state index contributed by atoms with van der Waals surface area (Å²) in [7, 11) is 1.36. The smallest absolute Gasteiger partial charge is 0.337 e. The number of H-pyrrole nitrogens is 1. The van der Waals surface area contributed by atoms with E-state index in [1.54, 1.807) is 18.2 Å². The highest BCUT2D eigenvalue weighted by Gasteiger charge is 2.23. The Morgan fingerprint density at radius 1 is 1.17 bits per heavy atom. The molecular weight excluding hydrogens is 464 g/mol. The SMILES string of the molecule is COC(=O)c1ccc2nc(-c3cc(C)n(CC4CC(Cl)=CC=C4OCc4ccccc4)n3)[nH]c2c1. The van der Waals surface area contributed by atoms with E-state index >= 15 is 0 Å². The number of carbonyl (C=O) groups is 1. The number of carbonyl (C=O) groups excluding carboxylic acids is 1. The number of ether oxygens (including phenoxy) is 2. The topological polar surface area (TPSA) is 82.0 Å². The van der Waals surface area contributed by atoms with Crippen LogP contribution in [0, 0.1) is 12.8 Å². The van der Waals surface area contributed by atoms with Crippen molar-refractivity contribution in [1.82, 2.24) is 19.7 Å². The van der Waals surface area contributed by atoms with E-state index in [4.69, 9.17) is 26.2 Å². The first-order valence-corrected chi connectivity index (χ1v) is 11.7.